The summed E-state index contributed by atoms with van der Waals surface area (Å²) in [6.45, 7) is 4.15. The van der Waals surface area contributed by atoms with Gasteiger partial charge in [-0.25, -0.2) is 0 Å². The minimum Gasteiger partial charge on any atom is -0.497 e. The molecular formula is C18H22ClNO. The van der Waals surface area contributed by atoms with Gasteiger partial charge in [-0.3, -0.25) is 0 Å². The number of hydrogen-bond donors (Lipinski definition) is 1. The average Bonchev–Trinajstić information content (AvgIpc) is 2.49. The monoisotopic (exact) mass is 303 g/mol. The minimum absolute atomic E-state index is 0.0427. The highest BCUT2D eigenvalue weighted by Crippen LogP contribution is 2.28. The number of methoxy groups -OCH3 is 1. The summed E-state index contributed by atoms with van der Waals surface area (Å²) in [6.07, 6.45) is 1.79. The van der Waals surface area contributed by atoms with Crippen molar-refractivity contribution in [1.82, 2.24) is 0 Å². The summed E-state index contributed by atoms with van der Waals surface area (Å²) in [4.78, 5) is 0. The molecule has 3 heteroatoms. The molecular weight excluding hydrogens is 282 g/mol. The highest BCUT2D eigenvalue weighted by Gasteiger charge is 2.12. The average molecular weight is 304 g/mol. The number of aryl methyl sites for hydroxylation is 3. The SMILES string of the molecule is COc1ccc(CCC(N)c2cc(C)c(C)cc2Cl)cc1. The second-order valence-electron chi connectivity index (χ2n) is 5.45. The third-order valence-electron chi connectivity index (χ3n) is 3.92. The molecule has 0 aliphatic rings. The number of hydrogen-bond acceptors (Lipinski definition) is 2. The Balaban J connectivity index is 2.04. The topological polar surface area (TPSA) is 35.2 Å². The van der Waals surface area contributed by atoms with Crippen molar-refractivity contribution in [1.29, 1.82) is 0 Å². The summed E-state index contributed by atoms with van der Waals surface area (Å²) >= 11 is 6.32. The van der Waals surface area contributed by atoms with Gasteiger partial charge in [0.25, 0.3) is 0 Å². The predicted octanol–water partition coefficient (Wildman–Crippen LogP) is 4.60. The van der Waals surface area contributed by atoms with Gasteiger partial charge in [-0.2, -0.15) is 0 Å². The molecule has 112 valence electrons. The van der Waals surface area contributed by atoms with Crippen LogP contribution >= 0.6 is 11.6 Å². The number of benzene rings is 2. The third kappa shape index (κ3) is 3.99. The van der Waals surface area contributed by atoms with E-state index in [1.54, 1.807) is 7.11 Å². The maximum atomic E-state index is 6.32. The molecule has 0 radical (unpaired) electrons. The summed E-state index contributed by atoms with van der Waals surface area (Å²) < 4.78 is 5.16. The van der Waals surface area contributed by atoms with Gasteiger partial charge in [-0.1, -0.05) is 29.8 Å². The maximum Gasteiger partial charge on any atom is 0.118 e. The quantitative estimate of drug-likeness (QED) is 0.876. The lowest BCUT2D eigenvalue weighted by Crippen LogP contribution is -2.12. The van der Waals surface area contributed by atoms with E-state index in [-0.39, 0.29) is 6.04 Å². The molecule has 2 aromatic rings. The molecule has 0 bridgehead atoms. The lowest BCUT2D eigenvalue weighted by atomic mass is 9.96. The molecule has 0 saturated carbocycles. The van der Waals surface area contributed by atoms with Crippen molar-refractivity contribution in [2.24, 2.45) is 5.73 Å². The Morgan fingerprint density at radius 3 is 2.33 bits per heavy atom. The molecule has 0 saturated heterocycles. The van der Waals surface area contributed by atoms with Gasteiger partial charge in [0.05, 0.1) is 7.11 Å². The van der Waals surface area contributed by atoms with Gasteiger partial charge in [-0.15, -0.1) is 0 Å². The number of nitrogens with two attached hydrogens (primary N) is 1. The van der Waals surface area contributed by atoms with Crippen LogP contribution in [0.5, 0.6) is 5.75 Å². The molecule has 0 aliphatic carbocycles. The Morgan fingerprint density at radius 2 is 1.71 bits per heavy atom. The van der Waals surface area contributed by atoms with E-state index >= 15 is 0 Å². The molecule has 2 aromatic carbocycles. The molecule has 1 unspecified atom stereocenters. The highest BCUT2D eigenvalue weighted by atomic mass is 35.5. The Labute approximate surface area is 131 Å². The van der Waals surface area contributed by atoms with E-state index in [0.29, 0.717) is 0 Å². The van der Waals surface area contributed by atoms with Gasteiger partial charge in [0.15, 0.2) is 0 Å². The number of rotatable bonds is 5. The van der Waals surface area contributed by atoms with E-state index in [4.69, 9.17) is 22.1 Å². The molecule has 21 heavy (non-hydrogen) atoms. The summed E-state index contributed by atoms with van der Waals surface area (Å²) in [5.41, 5.74) is 11.0. The standard InChI is InChI=1S/C18H22ClNO/c1-12-10-16(17(19)11-13(12)2)18(20)9-6-14-4-7-15(21-3)8-5-14/h4-5,7-8,10-11,18H,6,9,20H2,1-3H3. The van der Waals surface area contributed by atoms with Gasteiger partial charge in [0, 0.05) is 11.1 Å². The molecule has 2 nitrogen and oxygen atoms in total. The van der Waals surface area contributed by atoms with E-state index in [1.807, 2.05) is 18.2 Å². The largest absolute Gasteiger partial charge is 0.497 e. The van der Waals surface area contributed by atoms with Crippen molar-refractivity contribution in [3.8, 4) is 5.75 Å². The second kappa shape index (κ2) is 6.97. The Morgan fingerprint density at radius 1 is 1.10 bits per heavy atom. The van der Waals surface area contributed by atoms with Crippen LogP contribution in [0.15, 0.2) is 36.4 Å². The van der Waals surface area contributed by atoms with Gasteiger partial charge in [-0.05, 0) is 67.1 Å². The van der Waals surface area contributed by atoms with Gasteiger partial charge in [0.2, 0.25) is 0 Å². The normalized spacial score (nSPS) is 12.2. The molecule has 0 fully saturated rings. The Kier molecular flexibility index (Phi) is 5.27. The number of halogens is 1. The van der Waals surface area contributed by atoms with E-state index in [2.05, 4.69) is 32.0 Å². The van der Waals surface area contributed by atoms with Crippen LogP contribution in [-0.2, 0) is 6.42 Å². The van der Waals surface area contributed by atoms with Crippen molar-refractivity contribution in [3.63, 3.8) is 0 Å². The van der Waals surface area contributed by atoms with Crippen LogP contribution in [0.25, 0.3) is 0 Å². The fraction of sp³-hybridized carbons (Fsp3) is 0.333. The molecule has 0 heterocycles. The van der Waals surface area contributed by atoms with Crippen LogP contribution in [0.1, 0.15) is 34.7 Å². The lowest BCUT2D eigenvalue weighted by Gasteiger charge is -2.16. The first kappa shape index (κ1) is 15.9. The van der Waals surface area contributed by atoms with Crippen LogP contribution in [0, 0.1) is 13.8 Å². The van der Waals surface area contributed by atoms with Crippen LogP contribution in [-0.4, -0.2) is 7.11 Å². The molecule has 0 aliphatic heterocycles. The minimum atomic E-state index is -0.0427. The fourth-order valence-electron chi connectivity index (χ4n) is 2.36. The van der Waals surface area contributed by atoms with Crippen molar-refractivity contribution in [2.75, 3.05) is 7.11 Å². The first-order valence-corrected chi connectivity index (χ1v) is 7.54. The fourth-order valence-corrected chi connectivity index (χ4v) is 2.72. The molecule has 0 spiro atoms. The van der Waals surface area contributed by atoms with E-state index < -0.39 is 0 Å². The van der Waals surface area contributed by atoms with Crippen molar-refractivity contribution < 1.29 is 4.74 Å². The number of ether oxygens (including phenoxy) is 1. The zero-order chi connectivity index (χ0) is 15.4. The first-order chi connectivity index (χ1) is 10.0. The molecule has 1 atom stereocenters. The molecule has 0 amide bonds. The van der Waals surface area contributed by atoms with Crippen LogP contribution in [0.4, 0.5) is 0 Å². The smallest absolute Gasteiger partial charge is 0.118 e. The molecule has 2 N–H and O–H groups in total. The van der Waals surface area contributed by atoms with Gasteiger partial charge < -0.3 is 10.5 Å². The van der Waals surface area contributed by atoms with Crippen LogP contribution < -0.4 is 10.5 Å². The summed E-state index contributed by atoms with van der Waals surface area (Å²) in [6, 6.07) is 12.2. The zero-order valence-electron chi connectivity index (χ0n) is 12.8. The summed E-state index contributed by atoms with van der Waals surface area (Å²) in [7, 11) is 1.67. The van der Waals surface area contributed by atoms with Crippen LogP contribution in [0.2, 0.25) is 5.02 Å². The summed E-state index contributed by atoms with van der Waals surface area (Å²) in [5, 5.41) is 0.764. The van der Waals surface area contributed by atoms with Crippen molar-refractivity contribution in [3.05, 3.63) is 63.7 Å². The van der Waals surface area contributed by atoms with Crippen molar-refractivity contribution in [2.45, 2.75) is 32.7 Å². The second-order valence-corrected chi connectivity index (χ2v) is 5.86. The Bertz CT molecular complexity index is 607. The third-order valence-corrected chi connectivity index (χ3v) is 4.24. The summed E-state index contributed by atoms with van der Waals surface area (Å²) in [5.74, 6) is 0.875. The highest BCUT2D eigenvalue weighted by molar-refractivity contribution is 6.31. The molecule has 2 rings (SSSR count). The maximum absolute atomic E-state index is 6.32. The Hall–Kier alpha value is -1.51. The molecule has 0 aromatic heterocycles. The van der Waals surface area contributed by atoms with E-state index in [0.717, 1.165) is 29.2 Å². The zero-order valence-corrected chi connectivity index (χ0v) is 13.6. The van der Waals surface area contributed by atoms with Crippen LogP contribution in [0.3, 0.4) is 0 Å². The van der Waals surface area contributed by atoms with Gasteiger partial charge in [0.1, 0.15) is 5.75 Å². The van der Waals surface area contributed by atoms with E-state index in [9.17, 15) is 0 Å². The lowest BCUT2D eigenvalue weighted by molar-refractivity contribution is 0.414. The van der Waals surface area contributed by atoms with E-state index in [1.165, 1.54) is 16.7 Å². The van der Waals surface area contributed by atoms with Crippen molar-refractivity contribution >= 4 is 11.6 Å². The predicted molar refractivity (Wildman–Crippen MR) is 89.2 cm³/mol. The van der Waals surface area contributed by atoms with Gasteiger partial charge >= 0.3 is 0 Å². The first-order valence-electron chi connectivity index (χ1n) is 7.16.